The number of aromatic nitrogens is 3. The van der Waals surface area contributed by atoms with E-state index in [-0.39, 0.29) is 5.82 Å². The molecule has 0 fully saturated rings. The monoisotopic (exact) mass is 354 g/mol. The highest BCUT2D eigenvalue weighted by atomic mass is 32.2. The molecule has 25 heavy (non-hydrogen) atoms. The highest BCUT2D eigenvalue weighted by Gasteiger charge is 2.25. The molecule has 0 saturated carbocycles. The predicted molar refractivity (Wildman–Crippen MR) is 95.1 cm³/mol. The molecule has 0 amide bonds. The van der Waals surface area contributed by atoms with E-state index in [1.807, 2.05) is 31.2 Å². The van der Waals surface area contributed by atoms with Gasteiger partial charge in [0.2, 0.25) is 11.0 Å². The number of rotatable bonds is 3. The molecule has 1 aliphatic rings. The fourth-order valence-corrected chi connectivity index (χ4v) is 3.13. The average Bonchev–Trinajstić information content (AvgIpc) is 2.79. The number of para-hydroxylation sites is 1. The van der Waals surface area contributed by atoms with Gasteiger partial charge >= 0.3 is 0 Å². The van der Waals surface area contributed by atoms with Crippen molar-refractivity contribution in [2.45, 2.75) is 18.3 Å². The fourth-order valence-electron chi connectivity index (χ4n) is 2.63. The van der Waals surface area contributed by atoms with E-state index < -0.39 is 6.23 Å². The number of hydrogen-bond donors (Lipinski definition) is 1. The van der Waals surface area contributed by atoms with Crippen LogP contribution < -0.4 is 10.1 Å². The van der Waals surface area contributed by atoms with E-state index in [2.05, 4.69) is 20.5 Å². The van der Waals surface area contributed by atoms with Crippen LogP contribution in [0, 0.1) is 5.82 Å². The number of fused-ring (bicyclic) bond motifs is 3. The van der Waals surface area contributed by atoms with Crippen LogP contribution in [0.3, 0.4) is 0 Å². The lowest BCUT2D eigenvalue weighted by molar-refractivity contribution is 0.225. The van der Waals surface area contributed by atoms with Crippen LogP contribution >= 0.6 is 11.8 Å². The number of nitrogens with one attached hydrogen (secondary N) is 1. The second-order valence-electron chi connectivity index (χ2n) is 5.42. The third kappa shape index (κ3) is 3.15. The second-order valence-corrected chi connectivity index (χ2v) is 6.65. The van der Waals surface area contributed by atoms with Gasteiger partial charge in [0.1, 0.15) is 5.82 Å². The molecule has 0 bridgehead atoms. The Labute approximate surface area is 148 Å². The molecule has 126 valence electrons. The molecule has 2 aromatic carbocycles. The minimum absolute atomic E-state index is 0.288. The van der Waals surface area contributed by atoms with E-state index in [1.54, 1.807) is 12.1 Å². The van der Waals surface area contributed by atoms with Crippen molar-refractivity contribution in [3.8, 4) is 17.1 Å². The third-order valence-corrected chi connectivity index (χ3v) is 4.50. The molecule has 1 aliphatic heterocycles. The van der Waals surface area contributed by atoms with Gasteiger partial charge in [-0.2, -0.15) is 4.98 Å². The van der Waals surface area contributed by atoms with Crippen LogP contribution in [0.5, 0.6) is 5.88 Å². The lowest BCUT2D eigenvalue weighted by Crippen LogP contribution is -2.17. The van der Waals surface area contributed by atoms with Crippen molar-refractivity contribution in [2.75, 3.05) is 11.1 Å². The molecular formula is C18H15FN4OS. The van der Waals surface area contributed by atoms with E-state index in [1.165, 1.54) is 23.9 Å². The van der Waals surface area contributed by atoms with Crippen LogP contribution in [0.25, 0.3) is 11.3 Å². The lowest BCUT2D eigenvalue weighted by atomic mass is 10.1. The summed E-state index contributed by atoms with van der Waals surface area (Å²) in [4.78, 5) is 4.51. The zero-order chi connectivity index (χ0) is 17.2. The van der Waals surface area contributed by atoms with Crippen molar-refractivity contribution in [2.24, 2.45) is 0 Å². The number of hydrogen-bond acceptors (Lipinski definition) is 6. The van der Waals surface area contributed by atoms with Gasteiger partial charge in [-0.05, 0) is 24.0 Å². The Morgan fingerprint density at radius 3 is 2.72 bits per heavy atom. The van der Waals surface area contributed by atoms with E-state index in [0.29, 0.717) is 16.7 Å². The summed E-state index contributed by atoms with van der Waals surface area (Å²) in [6.07, 6.45) is -0.501. The first-order valence-corrected chi connectivity index (χ1v) is 8.88. The molecule has 2 heterocycles. The first-order valence-electron chi connectivity index (χ1n) is 7.90. The Hall–Kier alpha value is -2.67. The van der Waals surface area contributed by atoms with Crippen LogP contribution in [-0.2, 0) is 0 Å². The maximum atomic E-state index is 13.3. The summed E-state index contributed by atoms with van der Waals surface area (Å²) >= 11 is 1.50. The SMILES string of the molecule is CCSc1nnc2c(n1)O[C@H](c1ccc(F)cc1)Nc1ccccc1-2. The van der Waals surface area contributed by atoms with Gasteiger partial charge in [0.05, 0.1) is 0 Å². The van der Waals surface area contributed by atoms with Crippen molar-refractivity contribution in [3.05, 3.63) is 59.9 Å². The van der Waals surface area contributed by atoms with Crippen molar-refractivity contribution in [1.29, 1.82) is 0 Å². The predicted octanol–water partition coefficient (Wildman–Crippen LogP) is 4.29. The molecule has 1 aromatic heterocycles. The van der Waals surface area contributed by atoms with Crippen LogP contribution in [0.2, 0.25) is 0 Å². The van der Waals surface area contributed by atoms with Crippen LogP contribution in [0.1, 0.15) is 18.7 Å². The number of benzene rings is 2. The zero-order valence-corrected chi connectivity index (χ0v) is 14.3. The van der Waals surface area contributed by atoms with Crippen LogP contribution in [0.4, 0.5) is 10.1 Å². The quantitative estimate of drug-likeness (QED) is 0.708. The molecule has 1 N–H and O–H groups in total. The second kappa shape index (κ2) is 6.68. The van der Waals surface area contributed by atoms with E-state index in [0.717, 1.165) is 22.6 Å². The van der Waals surface area contributed by atoms with Gasteiger partial charge in [0.25, 0.3) is 0 Å². The molecule has 1 atom stereocenters. The van der Waals surface area contributed by atoms with Gasteiger partial charge < -0.3 is 10.1 Å². The molecule has 4 rings (SSSR count). The molecule has 0 saturated heterocycles. The van der Waals surface area contributed by atoms with Gasteiger partial charge in [-0.1, -0.05) is 49.0 Å². The first-order chi connectivity index (χ1) is 12.2. The number of anilines is 1. The minimum atomic E-state index is -0.501. The Kier molecular flexibility index (Phi) is 4.23. The van der Waals surface area contributed by atoms with Crippen molar-refractivity contribution in [1.82, 2.24) is 15.2 Å². The highest BCUT2D eigenvalue weighted by molar-refractivity contribution is 7.99. The lowest BCUT2D eigenvalue weighted by Gasteiger charge is -2.19. The molecule has 5 nitrogen and oxygen atoms in total. The number of ether oxygens (including phenoxy) is 1. The normalized spacial score (nSPS) is 15.4. The van der Waals surface area contributed by atoms with Crippen molar-refractivity contribution >= 4 is 17.4 Å². The summed E-state index contributed by atoms with van der Waals surface area (Å²) in [6.45, 7) is 2.03. The van der Waals surface area contributed by atoms with Crippen LogP contribution in [-0.4, -0.2) is 20.9 Å². The van der Waals surface area contributed by atoms with Gasteiger partial charge in [0, 0.05) is 16.8 Å². The number of thioether (sulfide) groups is 1. The van der Waals surface area contributed by atoms with Gasteiger partial charge in [-0.3, -0.25) is 0 Å². The molecule has 0 spiro atoms. The Morgan fingerprint density at radius 2 is 1.92 bits per heavy atom. The topological polar surface area (TPSA) is 59.9 Å². The number of nitrogens with zero attached hydrogens (tertiary/aromatic N) is 3. The molecule has 0 aliphatic carbocycles. The minimum Gasteiger partial charge on any atom is -0.448 e. The Bertz CT molecular complexity index is 904. The van der Waals surface area contributed by atoms with Gasteiger partial charge in [-0.25, -0.2) is 4.39 Å². The summed E-state index contributed by atoms with van der Waals surface area (Å²) < 4.78 is 19.3. The fraction of sp³-hybridized carbons (Fsp3) is 0.167. The van der Waals surface area contributed by atoms with Crippen molar-refractivity contribution in [3.63, 3.8) is 0 Å². The van der Waals surface area contributed by atoms with E-state index in [4.69, 9.17) is 4.74 Å². The summed E-state index contributed by atoms with van der Waals surface area (Å²) in [5.74, 6) is 0.970. The van der Waals surface area contributed by atoms with Crippen LogP contribution in [0.15, 0.2) is 53.7 Å². The molecule has 7 heteroatoms. The highest BCUT2D eigenvalue weighted by Crippen LogP contribution is 2.39. The Morgan fingerprint density at radius 1 is 1.12 bits per heavy atom. The largest absolute Gasteiger partial charge is 0.448 e. The molecule has 3 aromatic rings. The molecular weight excluding hydrogens is 339 g/mol. The molecule has 0 unspecified atom stereocenters. The van der Waals surface area contributed by atoms with Gasteiger partial charge in [0.15, 0.2) is 11.9 Å². The standard InChI is InChI=1S/C18H15FN4OS/c1-2-25-18-21-17-15(22-23-18)13-5-3-4-6-14(13)20-16(24-17)11-7-9-12(19)10-8-11/h3-10,16,20H,2H2,1H3/t16-/m1/s1. The smallest absolute Gasteiger partial charge is 0.247 e. The summed E-state index contributed by atoms with van der Waals surface area (Å²) in [6, 6.07) is 14.0. The molecule has 0 radical (unpaired) electrons. The van der Waals surface area contributed by atoms with E-state index in [9.17, 15) is 4.39 Å². The Balaban J connectivity index is 1.82. The first kappa shape index (κ1) is 15.8. The maximum Gasteiger partial charge on any atom is 0.247 e. The summed E-state index contributed by atoms with van der Waals surface area (Å²) in [5, 5.41) is 12.4. The average molecular weight is 354 g/mol. The maximum absolute atomic E-state index is 13.3. The summed E-state index contributed by atoms with van der Waals surface area (Å²) in [5.41, 5.74) is 3.12. The number of halogens is 1. The van der Waals surface area contributed by atoms with Crippen molar-refractivity contribution < 1.29 is 9.13 Å². The summed E-state index contributed by atoms with van der Waals surface area (Å²) in [7, 11) is 0. The van der Waals surface area contributed by atoms with E-state index >= 15 is 0 Å². The van der Waals surface area contributed by atoms with Gasteiger partial charge in [-0.15, -0.1) is 10.2 Å². The zero-order valence-electron chi connectivity index (χ0n) is 13.4. The third-order valence-electron chi connectivity index (χ3n) is 3.78.